The first-order valence-electron chi connectivity index (χ1n) is 8.69. The van der Waals surface area contributed by atoms with E-state index in [2.05, 4.69) is 15.1 Å². The van der Waals surface area contributed by atoms with Crippen molar-refractivity contribution < 1.29 is 18.3 Å². The number of hydrogen-bond donors (Lipinski definition) is 2. The van der Waals surface area contributed by atoms with E-state index in [1.165, 1.54) is 6.07 Å². The van der Waals surface area contributed by atoms with E-state index in [0.29, 0.717) is 28.7 Å². The Kier molecular flexibility index (Phi) is 5.19. The van der Waals surface area contributed by atoms with Gasteiger partial charge in [-0.3, -0.25) is 0 Å². The molecule has 1 unspecified atom stereocenters. The molecule has 2 N–H and O–H groups in total. The molecular weight excluding hydrogens is 357 g/mol. The number of aryl methyl sites for hydroxylation is 1. The highest BCUT2D eigenvalue weighted by atomic mass is 19.4. The summed E-state index contributed by atoms with van der Waals surface area (Å²) in [5.74, 6) is -0.415. The van der Waals surface area contributed by atoms with E-state index in [1.54, 1.807) is 13.0 Å². The molecule has 0 amide bonds. The first kappa shape index (κ1) is 19.3. The maximum absolute atomic E-state index is 12.8. The molecule has 27 heavy (non-hydrogen) atoms. The third-order valence-corrected chi connectivity index (χ3v) is 4.87. The van der Waals surface area contributed by atoms with Crippen LogP contribution in [-0.4, -0.2) is 46.1 Å². The van der Waals surface area contributed by atoms with E-state index in [4.69, 9.17) is 5.41 Å². The number of phenols is 1. The monoisotopic (exact) mass is 378 g/mol. The zero-order chi connectivity index (χ0) is 19.8. The second-order valence-corrected chi connectivity index (χ2v) is 7.01. The number of benzene rings is 1. The molecule has 1 aliphatic heterocycles. The van der Waals surface area contributed by atoms with Gasteiger partial charge in [0.1, 0.15) is 11.4 Å². The SMILES string of the molecule is Cc1cc(C(=N)C2CCCN(C)C2)nnc1-c1ccc(C(F)(F)F)cc1O. The van der Waals surface area contributed by atoms with Crippen LogP contribution in [0.4, 0.5) is 13.2 Å². The number of nitrogens with one attached hydrogen (secondary N) is 1. The first-order chi connectivity index (χ1) is 12.7. The predicted octanol–water partition coefficient (Wildman–Crippen LogP) is 3.89. The molecule has 1 aromatic heterocycles. The number of alkyl halides is 3. The van der Waals surface area contributed by atoms with Gasteiger partial charge in [-0.1, -0.05) is 0 Å². The summed E-state index contributed by atoms with van der Waals surface area (Å²) >= 11 is 0. The van der Waals surface area contributed by atoms with Crippen molar-refractivity contribution in [1.29, 1.82) is 5.41 Å². The van der Waals surface area contributed by atoms with Crippen LogP contribution in [-0.2, 0) is 6.18 Å². The lowest BCUT2D eigenvalue weighted by molar-refractivity contribution is -0.137. The molecule has 0 radical (unpaired) electrons. The molecule has 3 rings (SSSR count). The molecule has 2 heterocycles. The topological polar surface area (TPSA) is 73.1 Å². The number of nitrogens with zero attached hydrogens (tertiary/aromatic N) is 3. The summed E-state index contributed by atoms with van der Waals surface area (Å²) in [5, 5.41) is 26.6. The van der Waals surface area contributed by atoms with Crippen LogP contribution >= 0.6 is 0 Å². The Balaban J connectivity index is 1.88. The van der Waals surface area contributed by atoms with E-state index >= 15 is 0 Å². The number of hydrogen-bond acceptors (Lipinski definition) is 5. The number of aromatic hydroxyl groups is 1. The number of phenolic OH excluding ortho intramolecular Hbond substituents is 1. The summed E-state index contributed by atoms with van der Waals surface area (Å²) in [5.41, 5.74) is 1.09. The number of rotatable bonds is 3. The Hall–Kier alpha value is -2.48. The second kappa shape index (κ2) is 7.26. The second-order valence-electron chi connectivity index (χ2n) is 7.01. The molecule has 1 aromatic carbocycles. The Bertz CT molecular complexity index is 867. The summed E-state index contributed by atoms with van der Waals surface area (Å²) in [6, 6.07) is 4.49. The van der Waals surface area contributed by atoms with Gasteiger partial charge in [0.05, 0.1) is 17.0 Å². The van der Waals surface area contributed by atoms with Crippen LogP contribution < -0.4 is 0 Å². The molecule has 2 aromatic rings. The van der Waals surface area contributed by atoms with Crippen molar-refractivity contribution in [3.05, 3.63) is 41.1 Å². The van der Waals surface area contributed by atoms with Crippen LogP contribution in [0.2, 0.25) is 0 Å². The van der Waals surface area contributed by atoms with E-state index in [9.17, 15) is 18.3 Å². The van der Waals surface area contributed by atoms with Gasteiger partial charge in [0.15, 0.2) is 0 Å². The van der Waals surface area contributed by atoms with Crippen molar-refractivity contribution in [3.63, 3.8) is 0 Å². The molecule has 5 nitrogen and oxygen atoms in total. The average molecular weight is 378 g/mol. The lowest BCUT2D eigenvalue weighted by Gasteiger charge is -2.29. The molecule has 0 saturated carbocycles. The van der Waals surface area contributed by atoms with E-state index in [0.717, 1.165) is 32.0 Å². The highest BCUT2D eigenvalue weighted by Crippen LogP contribution is 2.36. The van der Waals surface area contributed by atoms with Gasteiger partial charge in [-0.2, -0.15) is 13.2 Å². The zero-order valence-corrected chi connectivity index (χ0v) is 15.1. The molecule has 1 aliphatic rings. The molecule has 1 saturated heterocycles. The predicted molar refractivity (Wildman–Crippen MR) is 95.9 cm³/mol. The molecule has 8 heteroatoms. The van der Waals surface area contributed by atoms with Gasteiger partial charge in [-0.15, -0.1) is 10.2 Å². The van der Waals surface area contributed by atoms with Gasteiger partial charge in [0.2, 0.25) is 0 Å². The quantitative estimate of drug-likeness (QED) is 0.795. The van der Waals surface area contributed by atoms with Crippen LogP contribution in [0.15, 0.2) is 24.3 Å². The lowest BCUT2D eigenvalue weighted by Crippen LogP contribution is -2.36. The van der Waals surface area contributed by atoms with Crippen molar-refractivity contribution in [3.8, 4) is 17.0 Å². The summed E-state index contributed by atoms with van der Waals surface area (Å²) in [6.07, 6.45) is -2.58. The van der Waals surface area contributed by atoms with Gasteiger partial charge < -0.3 is 15.4 Å². The summed E-state index contributed by atoms with van der Waals surface area (Å²) in [6.45, 7) is 3.55. The fourth-order valence-corrected chi connectivity index (χ4v) is 3.40. The highest BCUT2D eigenvalue weighted by molar-refractivity contribution is 5.98. The van der Waals surface area contributed by atoms with Gasteiger partial charge in [0, 0.05) is 18.0 Å². The lowest BCUT2D eigenvalue weighted by atomic mass is 9.91. The largest absolute Gasteiger partial charge is 0.507 e. The Morgan fingerprint density at radius 3 is 2.59 bits per heavy atom. The molecule has 1 fully saturated rings. The normalized spacial score (nSPS) is 18.5. The Morgan fingerprint density at radius 1 is 1.26 bits per heavy atom. The molecule has 0 bridgehead atoms. The van der Waals surface area contributed by atoms with Crippen molar-refractivity contribution in [1.82, 2.24) is 15.1 Å². The standard InChI is InChI=1S/C19H21F3N4O/c1-11-8-15(17(23)12-4-3-7-26(2)10-12)24-25-18(11)14-6-5-13(9-16(14)27)19(20,21)22/h5-6,8-9,12,23,27H,3-4,7,10H2,1-2H3. The smallest absolute Gasteiger partial charge is 0.416 e. The summed E-state index contributed by atoms with van der Waals surface area (Å²) < 4.78 is 38.3. The van der Waals surface area contributed by atoms with Gasteiger partial charge in [-0.05, 0) is 63.2 Å². The highest BCUT2D eigenvalue weighted by Gasteiger charge is 2.31. The number of piperidine rings is 1. The van der Waals surface area contributed by atoms with Crippen LogP contribution in [0.1, 0.15) is 29.7 Å². The fraction of sp³-hybridized carbons (Fsp3) is 0.421. The minimum Gasteiger partial charge on any atom is -0.507 e. The fourth-order valence-electron chi connectivity index (χ4n) is 3.40. The van der Waals surface area contributed by atoms with Crippen molar-refractivity contribution in [2.75, 3.05) is 20.1 Å². The number of halogens is 3. The van der Waals surface area contributed by atoms with E-state index in [1.807, 2.05) is 7.05 Å². The minimum atomic E-state index is -4.52. The molecule has 0 aliphatic carbocycles. The maximum atomic E-state index is 12.8. The Labute approximate surface area is 155 Å². The minimum absolute atomic E-state index is 0.0859. The summed E-state index contributed by atoms with van der Waals surface area (Å²) in [4.78, 5) is 2.18. The van der Waals surface area contributed by atoms with Crippen LogP contribution in [0.25, 0.3) is 11.3 Å². The van der Waals surface area contributed by atoms with Gasteiger partial charge in [0.25, 0.3) is 0 Å². The van der Waals surface area contributed by atoms with Gasteiger partial charge >= 0.3 is 6.18 Å². The number of likely N-dealkylation sites (tertiary alicyclic amines) is 1. The van der Waals surface area contributed by atoms with E-state index < -0.39 is 17.5 Å². The van der Waals surface area contributed by atoms with Crippen molar-refractivity contribution in [2.45, 2.75) is 25.9 Å². The number of aromatic nitrogens is 2. The molecular formula is C19H21F3N4O. The molecule has 1 atom stereocenters. The average Bonchev–Trinajstić information content (AvgIpc) is 2.60. The van der Waals surface area contributed by atoms with Crippen LogP contribution in [0.5, 0.6) is 5.75 Å². The van der Waals surface area contributed by atoms with Crippen molar-refractivity contribution in [2.24, 2.45) is 5.92 Å². The summed E-state index contributed by atoms with van der Waals surface area (Å²) in [7, 11) is 2.02. The molecule has 0 spiro atoms. The Morgan fingerprint density at radius 2 is 2.00 bits per heavy atom. The van der Waals surface area contributed by atoms with Crippen LogP contribution in [0.3, 0.4) is 0 Å². The molecule has 144 valence electrons. The maximum Gasteiger partial charge on any atom is 0.416 e. The van der Waals surface area contributed by atoms with Crippen LogP contribution in [0, 0.1) is 18.3 Å². The zero-order valence-electron chi connectivity index (χ0n) is 15.1. The van der Waals surface area contributed by atoms with Gasteiger partial charge in [-0.25, -0.2) is 0 Å². The van der Waals surface area contributed by atoms with E-state index in [-0.39, 0.29) is 11.5 Å². The first-order valence-corrected chi connectivity index (χ1v) is 8.69. The third kappa shape index (κ3) is 4.10. The third-order valence-electron chi connectivity index (χ3n) is 4.87. The van der Waals surface area contributed by atoms with Crippen molar-refractivity contribution >= 4 is 5.71 Å².